The van der Waals surface area contributed by atoms with Gasteiger partial charge in [0.1, 0.15) is 12.1 Å². The fourth-order valence-electron chi connectivity index (χ4n) is 1.46. The number of aromatic nitrogens is 3. The molecule has 2 aromatic rings. The summed E-state index contributed by atoms with van der Waals surface area (Å²) in [6.07, 6.45) is 6.57. The lowest BCUT2D eigenvalue weighted by Crippen LogP contribution is -2.36. The first-order chi connectivity index (χ1) is 9.69. The number of nitrogens with two attached hydrogens (primary N) is 1. The number of carbonyl (C=O) groups is 2. The van der Waals surface area contributed by atoms with Crippen LogP contribution in [0.15, 0.2) is 37.1 Å². The average Bonchev–Trinajstić information content (AvgIpc) is 2.99. The van der Waals surface area contributed by atoms with Crippen LogP contribution in [0.1, 0.15) is 0 Å². The van der Waals surface area contributed by atoms with Crippen LogP contribution in [0.4, 0.5) is 5.69 Å². The van der Waals surface area contributed by atoms with Gasteiger partial charge < -0.3 is 16.4 Å². The molecule has 20 heavy (non-hydrogen) atoms. The molecule has 0 fully saturated rings. The number of imidazole rings is 1. The highest BCUT2D eigenvalue weighted by atomic mass is 16.2. The summed E-state index contributed by atoms with van der Waals surface area (Å²) in [7, 11) is 0. The van der Waals surface area contributed by atoms with Crippen LogP contribution < -0.4 is 16.4 Å². The first-order valence-corrected chi connectivity index (χ1v) is 5.90. The molecule has 2 amide bonds. The molecule has 0 unspecified atom stereocenters. The SMILES string of the molecule is NCC(=O)NCC(=O)Nc1ccc(-n2ccnc2)nc1. The molecular weight excluding hydrogens is 260 g/mol. The molecule has 0 aromatic carbocycles. The fraction of sp³-hybridized carbons (Fsp3) is 0.167. The van der Waals surface area contributed by atoms with Crippen molar-refractivity contribution in [3.63, 3.8) is 0 Å². The lowest BCUT2D eigenvalue weighted by atomic mass is 10.4. The Balaban J connectivity index is 1.90. The van der Waals surface area contributed by atoms with Crippen molar-refractivity contribution in [2.24, 2.45) is 5.73 Å². The molecule has 0 aliphatic carbocycles. The van der Waals surface area contributed by atoms with E-state index in [-0.39, 0.29) is 24.9 Å². The number of rotatable bonds is 5. The molecular formula is C12H14N6O2. The van der Waals surface area contributed by atoms with Crippen LogP contribution in [-0.2, 0) is 9.59 Å². The Morgan fingerprint density at radius 2 is 2.15 bits per heavy atom. The third kappa shape index (κ3) is 3.62. The second kappa shape index (κ2) is 6.43. The summed E-state index contributed by atoms with van der Waals surface area (Å²) in [4.78, 5) is 30.6. The Hall–Kier alpha value is -2.74. The van der Waals surface area contributed by atoms with Crippen molar-refractivity contribution in [2.45, 2.75) is 0 Å². The number of carbonyl (C=O) groups excluding carboxylic acids is 2. The number of hydrogen-bond donors (Lipinski definition) is 3. The van der Waals surface area contributed by atoms with Gasteiger partial charge in [0.15, 0.2) is 0 Å². The minimum Gasteiger partial charge on any atom is -0.346 e. The van der Waals surface area contributed by atoms with Gasteiger partial charge in [0, 0.05) is 12.4 Å². The molecule has 0 saturated heterocycles. The summed E-state index contributed by atoms with van der Waals surface area (Å²) in [5.74, 6) is -0.0327. The van der Waals surface area contributed by atoms with Gasteiger partial charge in [-0.15, -0.1) is 0 Å². The van der Waals surface area contributed by atoms with Crippen molar-refractivity contribution < 1.29 is 9.59 Å². The molecule has 2 rings (SSSR count). The van der Waals surface area contributed by atoms with Crippen molar-refractivity contribution in [1.29, 1.82) is 0 Å². The summed E-state index contributed by atoms with van der Waals surface area (Å²) in [5, 5.41) is 4.99. The molecule has 8 nitrogen and oxygen atoms in total. The summed E-state index contributed by atoms with van der Waals surface area (Å²) in [5.41, 5.74) is 5.66. The molecule has 0 bridgehead atoms. The summed E-state index contributed by atoms with van der Waals surface area (Å²) in [6, 6.07) is 3.46. The second-order valence-electron chi connectivity index (χ2n) is 3.90. The van der Waals surface area contributed by atoms with Crippen molar-refractivity contribution in [3.8, 4) is 5.82 Å². The van der Waals surface area contributed by atoms with Crippen LogP contribution in [-0.4, -0.2) is 39.4 Å². The molecule has 2 aromatic heterocycles. The zero-order valence-electron chi connectivity index (χ0n) is 10.6. The van der Waals surface area contributed by atoms with Gasteiger partial charge in [0.2, 0.25) is 11.8 Å². The number of pyridine rings is 1. The third-order valence-electron chi connectivity index (χ3n) is 2.43. The van der Waals surface area contributed by atoms with E-state index in [9.17, 15) is 9.59 Å². The van der Waals surface area contributed by atoms with E-state index < -0.39 is 0 Å². The number of anilines is 1. The zero-order chi connectivity index (χ0) is 14.4. The van der Waals surface area contributed by atoms with Crippen molar-refractivity contribution in [1.82, 2.24) is 19.9 Å². The molecule has 0 radical (unpaired) electrons. The summed E-state index contributed by atoms with van der Waals surface area (Å²) in [6.45, 7) is -0.270. The number of amides is 2. The van der Waals surface area contributed by atoms with Crippen LogP contribution in [0.25, 0.3) is 5.82 Å². The Bertz CT molecular complexity index is 579. The van der Waals surface area contributed by atoms with E-state index in [4.69, 9.17) is 5.73 Å². The Morgan fingerprint density at radius 3 is 2.75 bits per heavy atom. The van der Waals surface area contributed by atoms with E-state index in [1.807, 2.05) is 0 Å². The molecule has 8 heteroatoms. The minimum absolute atomic E-state index is 0.126. The van der Waals surface area contributed by atoms with Gasteiger partial charge in [-0.2, -0.15) is 0 Å². The lowest BCUT2D eigenvalue weighted by Gasteiger charge is -2.07. The Kier molecular flexibility index (Phi) is 4.40. The van der Waals surface area contributed by atoms with Gasteiger partial charge in [-0.1, -0.05) is 0 Å². The quantitative estimate of drug-likeness (QED) is 0.665. The highest BCUT2D eigenvalue weighted by Gasteiger charge is 2.05. The maximum absolute atomic E-state index is 11.5. The topological polar surface area (TPSA) is 115 Å². The highest BCUT2D eigenvalue weighted by molar-refractivity contribution is 5.94. The number of nitrogens with one attached hydrogen (secondary N) is 2. The maximum Gasteiger partial charge on any atom is 0.243 e. The van der Waals surface area contributed by atoms with Gasteiger partial charge in [0.25, 0.3) is 0 Å². The van der Waals surface area contributed by atoms with Gasteiger partial charge >= 0.3 is 0 Å². The maximum atomic E-state index is 11.5. The second-order valence-corrected chi connectivity index (χ2v) is 3.90. The predicted octanol–water partition coefficient (Wildman–Crippen LogP) is -0.719. The van der Waals surface area contributed by atoms with Crippen LogP contribution in [0.2, 0.25) is 0 Å². The minimum atomic E-state index is -0.381. The van der Waals surface area contributed by atoms with E-state index >= 15 is 0 Å². The largest absolute Gasteiger partial charge is 0.346 e. The molecule has 2 heterocycles. The Labute approximate surface area is 115 Å². The lowest BCUT2D eigenvalue weighted by molar-refractivity contribution is -0.123. The van der Waals surface area contributed by atoms with E-state index in [2.05, 4.69) is 20.6 Å². The Morgan fingerprint density at radius 1 is 1.30 bits per heavy atom. The van der Waals surface area contributed by atoms with Gasteiger partial charge in [-0.05, 0) is 12.1 Å². The van der Waals surface area contributed by atoms with E-state index in [0.717, 1.165) is 0 Å². The molecule has 0 saturated carbocycles. The van der Waals surface area contributed by atoms with Crippen LogP contribution in [0.3, 0.4) is 0 Å². The zero-order valence-corrected chi connectivity index (χ0v) is 10.6. The summed E-state index contributed by atoms with van der Waals surface area (Å²) < 4.78 is 1.74. The van der Waals surface area contributed by atoms with Crippen LogP contribution in [0, 0.1) is 0 Å². The molecule has 0 aliphatic rings. The number of nitrogens with zero attached hydrogens (tertiary/aromatic N) is 3. The molecule has 0 spiro atoms. The van der Waals surface area contributed by atoms with E-state index in [1.165, 1.54) is 6.20 Å². The fourth-order valence-corrected chi connectivity index (χ4v) is 1.46. The summed E-state index contributed by atoms with van der Waals surface area (Å²) >= 11 is 0. The molecule has 4 N–H and O–H groups in total. The first kappa shape index (κ1) is 13.7. The van der Waals surface area contributed by atoms with Crippen LogP contribution in [0.5, 0.6) is 0 Å². The molecule has 0 aliphatic heterocycles. The average molecular weight is 274 g/mol. The van der Waals surface area contributed by atoms with E-state index in [0.29, 0.717) is 11.5 Å². The van der Waals surface area contributed by atoms with E-state index in [1.54, 1.807) is 35.4 Å². The third-order valence-corrected chi connectivity index (χ3v) is 2.43. The van der Waals surface area contributed by atoms with Gasteiger partial charge in [0.05, 0.1) is 25.0 Å². The molecule has 0 atom stereocenters. The monoisotopic (exact) mass is 274 g/mol. The number of hydrogen-bond acceptors (Lipinski definition) is 5. The smallest absolute Gasteiger partial charge is 0.243 e. The van der Waals surface area contributed by atoms with Gasteiger partial charge in [-0.3, -0.25) is 14.2 Å². The highest BCUT2D eigenvalue weighted by Crippen LogP contribution is 2.09. The van der Waals surface area contributed by atoms with Gasteiger partial charge in [-0.25, -0.2) is 9.97 Å². The first-order valence-electron chi connectivity index (χ1n) is 5.90. The van der Waals surface area contributed by atoms with Crippen molar-refractivity contribution in [2.75, 3.05) is 18.4 Å². The van der Waals surface area contributed by atoms with Crippen molar-refractivity contribution >= 4 is 17.5 Å². The van der Waals surface area contributed by atoms with Crippen LogP contribution >= 0.6 is 0 Å². The molecule has 104 valence electrons. The predicted molar refractivity (Wildman–Crippen MR) is 72.1 cm³/mol. The standard InChI is InChI=1S/C12H14N6O2/c13-5-11(19)16-7-12(20)17-9-1-2-10(15-6-9)18-4-3-14-8-18/h1-4,6,8H,5,7,13H2,(H,16,19)(H,17,20). The van der Waals surface area contributed by atoms with Crippen molar-refractivity contribution in [3.05, 3.63) is 37.1 Å². The normalized spacial score (nSPS) is 10.1.